The maximum absolute atomic E-state index is 12.9. The third-order valence-electron chi connectivity index (χ3n) is 5.93. The van der Waals surface area contributed by atoms with E-state index in [1.54, 1.807) is 6.92 Å². The van der Waals surface area contributed by atoms with Gasteiger partial charge in [-0.3, -0.25) is 14.6 Å². The molecule has 0 aromatic heterocycles. The van der Waals surface area contributed by atoms with E-state index in [9.17, 15) is 9.59 Å². The highest BCUT2D eigenvalue weighted by molar-refractivity contribution is 6.30. The van der Waals surface area contributed by atoms with Gasteiger partial charge in [0.1, 0.15) is 18.3 Å². The number of halogens is 1. The Balaban J connectivity index is 1.61. The molecule has 2 aromatic carbocycles. The summed E-state index contributed by atoms with van der Waals surface area (Å²) < 4.78 is 11.2. The van der Waals surface area contributed by atoms with Crippen molar-refractivity contribution >= 4 is 29.1 Å². The number of hydrogen-bond donors (Lipinski definition) is 0. The molecule has 0 radical (unpaired) electrons. The van der Waals surface area contributed by atoms with Crippen LogP contribution in [0, 0.1) is 5.92 Å². The number of allylic oxidation sites excluding steroid dienone is 2. The number of hydrogen-bond acceptors (Lipinski definition) is 5. The maximum Gasteiger partial charge on any atom is 0.315 e. The predicted octanol–water partition coefficient (Wildman–Crippen LogP) is 5.66. The molecule has 1 heterocycles. The summed E-state index contributed by atoms with van der Waals surface area (Å²) in [5, 5.41) is 0.687. The van der Waals surface area contributed by atoms with E-state index in [1.807, 2.05) is 55.5 Å². The highest BCUT2D eigenvalue weighted by Gasteiger charge is 2.43. The van der Waals surface area contributed by atoms with Crippen molar-refractivity contribution in [3.05, 3.63) is 76.0 Å². The first-order valence-corrected chi connectivity index (χ1v) is 11.3. The summed E-state index contributed by atoms with van der Waals surface area (Å²) in [5.41, 5.74) is 4.08. The van der Waals surface area contributed by atoms with E-state index in [0.29, 0.717) is 35.1 Å². The molecule has 6 heteroatoms. The van der Waals surface area contributed by atoms with Crippen molar-refractivity contribution in [3.8, 4) is 5.75 Å². The van der Waals surface area contributed by atoms with Gasteiger partial charge in [0.05, 0.1) is 6.61 Å². The van der Waals surface area contributed by atoms with Crippen molar-refractivity contribution in [3.63, 3.8) is 0 Å². The Morgan fingerprint density at radius 2 is 1.81 bits per heavy atom. The van der Waals surface area contributed by atoms with Crippen molar-refractivity contribution in [1.29, 1.82) is 0 Å². The zero-order valence-electron chi connectivity index (χ0n) is 18.3. The van der Waals surface area contributed by atoms with Crippen molar-refractivity contribution in [2.75, 3.05) is 6.61 Å². The van der Waals surface area contributed by atoms with Crippen molar-refractivity contribution in [2.45, 2.75) is 45.6 Å². The lowest BCUT2D eigenvalue weighted by Gasteiger charge is -2.34. The molecular weight excluding hydrogens is 426 g/mol. The van der Waals surface area contributed by atoms with E-state index in [2.05, 4.69) is 4.99 Å². The van der Waals surface area contributed by atoms with Gasteiger partial charge in [0.25, 0.3) is 0 Å². The molecule has 2 aliphatic rings. The normalized spacial score (nSPS) is 20.5. The van der Waals surface area contributed by atoms with E-state index >= 15 is 0 Å². The van der Waals surface area contributed by atoms with Crippen molar-refractivity contribution in [1.82, 2.24) is 0 Å². The monoisotopic (exact) mass is 451 g/mol. The Morgan fingerprint density at radius 1 is 1.09 bits per heavy atom. The Bertz CT molecular complexity index is 1070. The van der Waals surface area contributed by atoms with Crippen LogP contribution in [0.3, 0.4) is 0 Å². The molecule has 0 N–H and O–H groups in total. The van der Waals surface area contributed by atoms with Crippen LogP contribution in [0.4, 0.5) is 0 Å². The van der Waals surface area contributed by atoms with Gasteiger partial charge in [0.2, 0.25) is 0 Å². The number of benzene rings is 2. The highest BCUT2D eigenvalue weighted by Crippen LogP contribution is 2.43. The second-order valence-corrected chi connectivity index (χ2v) is 8.52. The van der Waals surface area contributed by atoms with Gasteiger partial charge in [0, 0.05) is 34.3 Å². The summed E-state index contributed by atoms with van der Waals surface area (Å²) in [6.07, 6.45) is 2.04. The minimum atomic E-state index is -0.600. The van der Waals surface area contributed by atoms with Crippen LogP contribution in [0.5, 0.6) is 5.75 Å². The molecule has 2 aromatic rings. The molecule has 1 aliphatic heterocycles. The molecule has 166 valence electrons. The van der Waals surface area contributed by atoms with Gasteiger partial charge in [0.15, 0.2) is 5.78 Å². The third kappa shape index (κ3) is 4.63. The molecule has 4 rings (SSSR count). The fourth-order valence-corrected chi connectivity index (χ4v) is 4.55. The number of ketones is 1. The third-order valence-corrected chi connectivity index (χ3v) is 6.18. The molecule has 5 nitrogen and oxygen atoms in total. The summed E-state index contributed by atoms with van der Waals surface area (Å²) in [7, 11) is 0. The molecule has 0 fully saturated rings. The average Bonchev–Trinajstić information content (AvgIpc) is 2.78. The second kappa shape index (κ2) is 9.70. The highest BCUT2D eigenvalue weighted by atomic mass is 35.5. The largest absolute Gasteiger partial charge is 0.489 e. The SMILES string of the molecule is CCOC(=O)C1C(C)=NC2=C(C(=O)CCC2)C1c1ccc(OCc2ccc(Cl)cc2)cc1. The number of Topliss-reactive ketones (excluding diaryl/α,β-unsaturated/α-hetero) is 1. The molecule has 0 spiro atoms. The van der Waals surface area contributed by atoms with Crippen LogP contribution in [-0.4, -0.2) is 24.1 Å². The van der Waals surface area contributed by atoms with Gasteiger partial charge in [-0.05, 0) is 62.1 Å². The van der Waals surface area contributed by atoms with Crippen LogP contribution < -0.4 is 4.74 Å². The zero-order chi connectivity index (χ0) is 22.7. The Morgan fingerprint density at radius 3 is 2.50 bits per heavy atom. The van der Waals surface area contributed by atoms with E-state index in [0.717, 1.165) is 29.7 Å². The van der Waals surface area contributed by atoms with Crippen LogP contribution in [0.1, 0.15) is 50.2 Å². The van der Waals surface area contributed by atoms with Crippen LogP contribution in [0.25, 0.3) is 0 Å². The second-order valence-electron chi connectivity index (χ2n) is 8.08. The van der Waals surface area contributed by atoms with Crippen LogP contribution in [-0.2, 0) is 20.9 Å². The molecular formula is C26H26ClNO4. The van der Waals surface area contributed by atoms with Crippen LogP contribution in [0.15, 0.2) is 64.8 Å². The smallest absolute Gasteiger partial charge is 0.315 e. The van der Waals surface area contributed by atoms with Gasteiger partial charge >= 0.3 is 5.97 Å². The molecule has 2 atom stereocenters. The lowest BCUT2D eigenvalue weighted by atomic mass is 9.72. The van der Waals surface area contributed by atoms with Crippen molar-refractivity contribution < 1.29 is 19.1 Å². The molecule has 0 saturated heterocycles. The maximum atomic E-state index is 12.9. The van der Waals surface area contributed by atoms with Gasteiger partial charge in [-0.25, -0.2) is 0 Å². The molecule has 0 amide bonds. The summed E-state index contributed by atoms with van der Waals surface area (Å²) in [5.74, 6) is -0.547. The molecule has 0 bridgehead atoms. The number of aliphatic imine (C=N–C) groups is 1. The van der Waals surface area contributed by atoms with Crippen LogP contribution in [0.2, 0.25) is 5.02 Å². The number of carbonyl (C=O) groups is 2. The summed E-state index contributed by atoms with van der Waals surface area (Å²) >= 11 is 5.93. The summed E-state index contributed by atoms with van der Waals surface area (Å²) in [4.78, 5) is 30.4. The molecule has 32 heavy (non-hydrogen) atoms. The fraction of sp³-hybridized carbons (Fsp3) is 0.346. The number of esters is 1. The minimum Gasteiger partial charge on any atom is -0.489 e. The minimum absolute atomic E-state index is 0.0739. The number of rotatable bonds is 6. The summed E-state index contributed by atoms with van der Waals surface area (Å²) in [6.45, 7) is 4.34. The lowest BCUT2D eigenvalue weighted by Crippen LogP contribution is -2.37. The van der Waals surface area contributed by atoms with Gasteiger partial charge in [-0.1, -0.05) is 35.9 Å². The van der Waals surface area contributed by atoms with Gasteiger partial charge in [-0.2, -0.15) is 0 Å². The first-order valence-electron chi connectivity index (χ1n) is 10.9. The fourth-order valence-electron chi connectivity index (χ4n) is 4.42. The molecule has 0 saturated carbocycles. The van der Waals surface area contributed by atoms with Gasteiger partial charge < -0.3 is 9.47 Å². The lowest BCUT2D eigenvalue weighted by molar-refractivity contribution is -0.146. The topological polar surface area (TPSA) is 65.0 Å². The molecule has 2 unspecified atom stereocenters. The quantitative estimate of drug-likeness (QED) is 0.531. The number of nitrogens with zero attached hydrogens (tertiary/aromatic N) is 1. The molecule has 1 aliphatic carbocycles. The average molecular weight is 452 g/mol. The number of carbonyl (C=O) groups excluding carboxylic acids is 2. The van der Waals surface area contributed by atoms with E-state index < -0.39 is 5.92 Å². The van der Waals surface area contributed by atoms with E-state index in [4.69, 9.17) is 21.1 Å². The Kier molecular flexibility index (Phi) is 6.75. The van der Waals surface area contributed by atoms with Crippen molar-refractivity contribution in [2.24, 2.45) is 10.9 Å². The van der Waals surface area contributed by atoms with Crippen LogP contribution >= 0.6 is 11.6 Å². The Labute approximate surface area is 193 Å². The first kappa shape index (κ1) is 22.3. The Hall–Kier alpha value is -2.92. The summed E-state index contributed by atoms with van der Waals surface area (Å²) in [6, 6.07) is 15.1. The first-order chi connectivity index (χ1) is 15.5. The number of ether oxygens (including phenoxy) is 2. The predicted molar refractivity (Wildman–Crippen MR) is 124 cm³/mol. The van der Waals surface area contributed by atoms with E-state index in [1.165, 1.54) is 0 Å². The standard InChI is InChI=1S/C26H26ClNO4/c1-3-31-26(30)23-16(2)28-21-5-4-6-22(29)25(21)24(23)18-9-13-20(14-10-18)32-15-17-7-11-19(27)12-8-17/h7-14,23-24H,3-6,15H2,1-2H3. The van der Waals surface area contributed by atoms with E-state index in [-0.39, 0.29) is 24.3 Å². The zero-order valence-corrected chi connectivity index (χ0v) is 19.0. The van der Waals surface area contributed by atoms with Gasteiger partial charge in [-0.15, -0.1) is 0 Å².